The normalized spacial score (nSPS) is 10.6. The smallest absolute Gasteiger partial charge is 0.294 e. The molecule has 0 atom stereocenters. The van der Waals surface area contributed by atoms with Gasteiger partial charge in [-0.2, -0.15) is 5.10 Å². The van der Waals surface area contributed by atoms with Gasteiger partial charge in [0.1, 0.15) is 5.75 Å². The molecule has 0 unspecified atom stereocenters. The lowest BCUT2D eigenvalue weighted by Crippen LogP contribution is -2.25. The fraction of sp³-hybridized carbons (Fsp3) is 0.185. The summed E-state index contributed by atoms with van der Waals surface area (Å²) in [6.07, 6.45) is 3.89. The fourth-order valence-corrected chi connectivity index (χ4v) is 3.42. The first kappa shape index (κ1) is 23.7. The number of nitrogens with zero attached hydrogens (tertiary/aromatic N) is 3. The highest BCUT2D eigenvalue weighted by Gasteiger charge is 2.14. The molecule has 0 saturated heterocycles. The second kappa shape index (κ2) is 10.6. The molecule has 4 rings (SSSR count). The summed E-state index contributed by atoms with van der Waals surface area (Å²) in [7, 11) is 1.58. The summed E-state index contributed by atoms with van der Waals surface area (Å²) in [5.41, 5.74) is 4.25. The second-order valence-electron chi connectivity index (χ2n) is 8.19. The average Bonchev–Trinajstić information content (AvgIpc) is 2.87. The van der Waals surface area contributed by atoms with Crippen LogP contribution < -0.4 is 20.9 Å². The third kappa shape index (κ3) is 5.92. The van der Waals surface area contributed by atoms with E-state index in [1.807, 2.05) is 50.2 Å². The van der Waals surface area contributed by atoms with Crippen molar-refractivity contribution in [1.82, 2.24) is 20.1 Å². The van der Waals surface area contributed by atoms with Crippen LogP contribution in [0, 0.1) is 13.8 Å². The molecule has 8 heteroatoms. The van der Waals surface area contributed by atoms with Crippen molar-refractivity contribution in [2.24, 2.45) is 7.05 Å². The zero-order valence-corrected chi connectivity index (χ0v) is 19.9. The van der Waals surface area contributed by atoms with E-state index in [-0.39, 0.29) is 17.2 Å². The number of carbonyl (C=O) groups is 1. The number of carbonyl (C=O) groups excluding carboxylic acids is 1. The van der Waals surface area contributed by atoms with Crippen LogP contribution in [-0.2, 0) is 13.5 Å². The van der Waals surface area contributed by atoms with Gasteiger partial charge in [-0.25, -0.2) is 4.68 Å². The van der Waals surface area contributed by atoms with Crippen molar-refractivity contribution in [3.63, 3.8) is 0 Å². The molecule has 35 heavy (non-hydrogen) atoms. The maximum absolute atomic E-state index is 12.8. The van der Waals surface area contributed by atoms with Crippen LogP contribution in [0.5, 0.6) is 11.5 Å². The Morgan fingerprint density at radius 3 is 2.54 bits per heavy atom. The number of nitrogens with one attached hydrogen (secondary N) is 2. The van der Waals surface area contributed by atoms with Crippen molar-refractivity contribution in [3.05, 3.63) is 106 Å². The van der Waals surface area contributed by atoms with E-state index in [0.717, 1.165) is 16.8 Å². The molecule has 0 spiro atoms. The van der Waals surface area contributed by atoms with Gasteiger partial charge in [0.2, 0.25) is 0 Å². The van der Waals surface area contributed by atoms with Gasteiger partial charge in [-0.1, -0.05) is 12.1 Å². The first-order chi connectivity index (χ1) is 16.9. The van der Waals surface area contributed by atoms with E-state index in [4.69, 9.17) is 4.74 Å². The Labute approximate surface area is 203 Å². The number of hydrogen-bond acceptors (Lipinski definition) is 6. The van der Waals surface area contributed by atoms with E-state index in [0.29, 0.717) is 35.7 Å². The van der Waals surface area contributed by atoms with Gasteiger partial charge >= 0.3 is 0 Å². The Kier molecular flexibility index (Phi) is 7.21. The third-order valence-electron chi connectivity index (χ3n) is 5.62. The molecule has 2 aromatic heterocycles. The molecule has 1 amide bonds. The Balaban J connectivity index is 1.45. The van der Waals surface area contributed by atoms with Gasteiger partial charge in [0.05, 0.1) is 6.20 Å². The number of benzene rings is 2. The molecular weight excluding hydrogens is 442 g/mol. The summed E-state index contributed by atoms with van der Waals surface area (Å²) in [6.45, 7) is 4.51. The summed E-state index contributed by atoms with van der Waals surface area (Å²) in [5, 5.41) is 10.1. The average molecular weight is 470 g/mol. The van der Waals surface area contributed by atoms with E-state index in [9.17, 15) is 9.59 Å². The number of aromatic nitrogens is 3. The van der Waals surface area contributed by atoms with Gasteiger partial charge in [0, 0.05) is 43.2 Å². The zero-order chi connectivity index (χ0) is 24.8. The maximum atomic E-state index is 12.8. The largest absolute Gasteiger partial charge is 0.453 e. The topological polar surface area (TPSA) is 98.1 Å². The van der Waals surface area contributed by atoms with E-state index < -0.39 is 0 Å². The highest BCUT2D eigenvalue weighted by molar-refractivity contribution is 5.94. The Bertz CT molecular complexity index is 1380. The van der Waals surface area contributed by atoms with Crippen LogP contribution in [0.4, 0.5) is 11.4 Å². The first-order valence-electron chi connectivity index (χ1n) is 11.3. The molecule has 0 bridgehead atoms. The minimum absolute atomic E-state index is 0.175. The van der Waals surface area contributed by atoms with Gasteiger partial charge in [0.15, 0.2) is 11.4 Å². The number of pyridine rings is 1. The number of ether oxygens (including phenoxy) is 1. The molecule has 0 aliphatic heterocycles. The predicted octanol–water partition coefficient (Wildman–Crippen LogP) is 4.30. The quantitative estimate of drug-likeness (QED) is 0.399. The van der Waals surface area contributed by atoms with Gasteiger partial charge in [0.25, 0.3) is 11.5 Å². The van der Waals surface area contributed by atoms with Crippen LogP contribution in [0.2, 0.25) is 0 Å². The van der Waals surface area contributed by atoms with Crippen molar-refractivity contribution in [3.8, 4) is 11.5 Å². The molecule has 4 aromatic rings. The van der Waals surface area contributed by atoms with Crippen molar-refractivity contribution < 1.29 is 9.53 Å². The molecule has 0 radical (unpaired) electrons. The number of aryl methyl sites for hydroxylation is 3. The molecule has 2 heterocycles. The van der Waals surface area contributed by atoms with Crippen LogP contribution in [0.3, 0.4) is 0 Å². The van der Waals surface area contributed by atoms with Gasteiger partial charge in [-0.05, 0) is 73.5 Å². The Morgan fingerprint density at radius 1 is 1.03 bits per heavy atom. The highest BCUT2D eigenvalue weighted by Crippen LogP contribution is 2.29. The molecule has 0 aliphatic carbocycles. The second-order valence-corrected chi connectivity index (χ2v) is 8.19. The van der Waals surface area contributed by atoms with Gasteiger partial charge in [-0.3, -0.25) is 14.6 Å². The van der Waals surface area contributed by atoms with Crippen LogP contribution >= 0.6 is 0 Å². The summed E-state index contributed by atoms with van der Waals surface area (Å²) < 4.78 is 7.22. The Hall–Kier alpha value is -4.46. The van der Waals surface area contributed by atoms with Crippen molar-refractivity contribution in [1.29, 1.82) is 0 Å². The summed E-state index contributed by atoms with van der Waals surface area (Å²) in [5.74, 6) is 0.752. The van der Waals surface area contributed by atoms with E-state index >= 15 is 0 Å². The van der Waals surface area contributed by atoms with Crippen LogP contribution in [0.25, 0.3) is 0 Å². The summed E-state index contributed by atoms with van der Waals surface area (Å²) >= 11 is 0. The summed E-state index contributed by atoms with van der Waals surface area (Å²) in [4.78, 5) is 29.5. The van der Waals surface area contributed by atoms with Crippen LogP contribution in [-0.4, -0.2) is 27.2 Å². The van der Waals surface area contributed by atoms with Gasteiger partial charge in [-0.15, -0.1) is 0 Å². The SMILES string of the molecule is Cc1ccc(Oc2cnn(C)c(=O)c2Nc2ccc(C(=O)NCCc3ccccn3)cc2)cc1C. The number of anilines is 2. The van der Waals surface area contributed by atoms with Crippen LogP contribution in [0.1, 0.15) is 27.2 Å². The molecule has 2 N–H and O–H groups in total. The third-order valence-corrected chi connectivity index (χ3v) is 5.62. The number of amides is 1. The predicted molar refractivity (Wildman–Crippen MR) is 135 cm³/mol. The summed E-state index contributed by atoms with van der Waals surface area (Å²) in [6, 6.07) is 18.3. The minimum Gasteiger partial charge on any atom is -0.453 e. The molecule has 0 fully saturated rings. The monoisotopic (exact) mass is 469 g/mol. The maximum Gasteiger partial charge on any atom is 0.294 e. The number of rotatable bonds is 8. The minimum atomic E-state index is -0.331. The fourth-order valence-electron chi connectivity index (χ4n) is 3.42. The molecular formula is C27H27N5O3. The molecule has 8 nitrogen and oxygen atoms in total. The van der Waals surface area contributed by atoms with Crippen molar-refractivity contribution >= 4 is 17.3 Å². The lowest BCUT2D eigenvalue weighted by atomic mass is 10.1. The van der Waals surface area contributed by atoms with Crippen LogP contribution in [0.15, 0.2) is 77.9 Å². The Morgan fingerprint density at radius 2 is 1.83 bits per heavy atom. The van der Waals surface area contributed by atoms with Crippen molar-refractivity contribution in [2.45, 2.75) is 20.3 Å². The zero-order valence-electron chi connectivity index (χ0n) is 19.9. The van der Waals surface area contributed by atoms with E-state index in [2.05, 4.69) is 20.7 Å². The first-order valence-corrected chi connectivity index (χ1v) is 11.3. The van der Waals surface area contributed by atoms with E-state index in [1.54, 1.807) is 37.5 Å². The molecule has 178 valence electrons. The lowest BCUT2D eigenvalue weighted by molar-refractivity contribution is 0.0954. The molecule has 0 aliphatic rings. The standard InChI is InChI=1S/C27H27N5O3/c1-18-7-12-23(16-19(18)2)35-24-17-30-32(3)27(34)25(24)31-22-10-8-20(9-11-22)26(33)29-15-13-21-6-4-5-14-28-21/h4-12,14,16-17,31H,13,15H2,1-3H3,(H,29,33). The number of hydrogen-bond donors (Lipinski definition) is 2. The molecule has 0 saturated carbocycles. The van der Waals surface area contributed by atoms with Crippen molar-refractivity contribution in [2.75, 3.05) is 11.9 Å². The van der Waals surface area contributed by atoms with Gasteiger partial charge < -0.3 is 15.4 Å². The lowest BCUT2D eigenvalue weighted by Gasteiger charge is -2.14. The molecule has 2 aromatic carbocycles. The van der Waals surface area contributed by atoms with E-state index in [1.165, 1.54) is 10.9 Å². The highest BCUT2D eigenvalue weighted by atomic mass is 16.5.